The van der Waals surface area contributed by atoms with Crippen LogP contribution >= 0.6 is 0 Å². The van der Waals surface area contributed by atoms with Crippen molar-refractivity contribution in [3.8, 4) is 0 Å². The molecule has 2 unspecified atom stereocenters. The molecule has 28 heavy (non-hydrogen) atoms. The van der Waals surface area contributed by atoms with Crippen LogP contribution in [0.1, 0.15) is 31.9 Å². The predicted octanol–water partition coefficient (Wildman–Crippen LogP) is 1.91. The van der Waals surface area contributed by atoms with Crippen molar-refractivity contribution >= 4 is 5.96 Å². The Balaban J connectivity index is 1.55. The molecule has 6 heteroatoms. The van der Waals surface area contributed by atoms with Gasteiger partial charge in [-0.15, -0.1) is 0 Å². The molecular weight excluding hydrogens is 350 g/mol. The Kier molecular flexibility index (Phi) is 7.71. The van der Waals surface area contributed by atoms with Gasteiger partial charge in [0.2, 0.25) is 0 Å². The lowest BCUT2D eigenvalue weighted by molar-refractivity contribution is 0.0341. The van der Waals surface area contributed by atoms with E-state index in [1.807, 2.05) is 7.05 Å². The van der Waals surface area contributed by atoms with E-state index < -0.39 is 0 Å². The van der Waals surface area contributed by atoms with E-state index in [-0.39, 0.29) is 0 Å². The molecule has 0 spiro atoms. The van der Waals surface area contributed by atoms with Crippen molar-refractivity contribution in [2.24, 2.45) is 10.9 Å². The van der Waals surface area contributed by atoms with Crippen molar-refractivity contribution in [2.45, 2.75) is 45.9 Å². The van der Waals surface area contributed by atoms with Crippen LogP contribution in [-0.4, -0.2) is 74.3 Å². The second-order valence-electron chi connectivity index (χ2n) is 8.36. The topological polar surface area (TPSA) is 52.1 Å². The molecule has 0 bridgehead atoms. The molecule has 2 fully saturated rings. The highest BCUT2D eigenvalue weighted by Gasteiger charge is 2.31. The van der Waals surface area contributed by atoms with Crippen LogP contribution in [0.25, 0.3) is 0 Å². The molecule has 2 saturated heterocycles. The minimum Gasteiger partial charge on any atom is -0.379 e. The molecule has 0 aromatic heterocycles. The van der Waals surface area contributed by atoms with E-state index in [1.165, 1.54) is 11.1 Å². The zero-order chi connectivity index (χ0) is 19.9. The van der Waals surface area contributed by atoms with E-state index in [4.69, 9.17) is 4.74 Å². The molecule has 3 rings (SSSR count). The highest BCUT2D eigenvalue weighted by Crippen LogP contribution is 2.18. The van der Waals surface area contributed by atoms with Crippen LogP contribution in [0.2, 0.25) is 0 Å². The van der Waals surface area contributed by atoms with Gasteiger partial charge in [-0.05, 0) is 30.9 Å². The Morgan fingerprint density at radius 1 is 1.18 bits per heavy atom. The third kappa shape index (κ3) is 5.69. The summed E-state index contributed by atoms with van der Waals surface area (Å²) >= 11 is 0. The summed E-state index contributed by atoms with van der Waals surface area (Å²) in [6.45, 7) is 14.6. The first-order valence-electron chi connectivity index (χ1n) is 10.6. The molecule has 2 aliphatic heterocycles. The molecule has 1 aromatic carbocycles. The highest BCUT2D eigenvalue weighted by atomic mass is 16.5. The normalized spacial score (nSPS) is 24.7. The van der Waals surface area contributed by atoms with Gasteiger partial charge in [-0.1, -0.05) is 31.2 Å². The van der Waals surface area contributed by atoms with Gasteiger partial charge < -0.3 is 15.4 Å². The summed E-state index contributed by atoms with van der Waals surface area (Å²) in [7, 11) is 1.86. The summed E-state index contributed by atoms with van der Waals surface area (Å²) in [5.74, 6) is 1.51. The maximum atomic E-state index is 5.47. The lowest BCUT2D eigenvalue weighted by Crippen LogP contribution is -2.46. The zero-order valence-corrected chi connectivity index (χ0v) is 17.9. The van der Waals surface area contributed by atoms with Crippen molar-refractivity contribution in [3.05, 3.63) is 35.4 Å². The molecule has 156 valence electrons. The van der Waals surface area contributed by atoms with Gasteiger partial charge in [0, 0.05) is 58.4 Å². The molecule has 6 nitrogen and oxygen atoms in total. The fourth-order valence-corrected chi connectivity index (χ4v) is 4.05. The van der Waals surface area contributed by atoms with Crippen LogP contribution in [0, 0.1) is 5.92 Å². The standard InChI is InChI=1S/C22H37N5O/c1-17(2)27-14-18(3)21(16-27)25-22(23-4)24-13-19-7-5-6-8-20(19)15-26-9-11-28-12-10-26/h5-8,17-18,21H,9-16H2,1-4H3,(H2,23,24,25). The largest absolute Gasteiger partial charge is 0.379 e. The fourth-order valence-electron chi connectivity index (χ4n) is 4.05. The highest BCUT2D eigenvalue weighted by molar-refractivity contribution is 5.80. The third-order valence-electron chi connectivity index (χ3n) is 5.98. The number of rotatable bonds is 6. The second kappa shape index (κ2) is 10.2. The number of guanidine groups is 1. The fraction of sp³-hybridized carbons (Fsp3) is 0.682. The van der Waals surface area contributed by atoms with E-state index in [0.717, 1.165) is 58.4 Å². The van der Waals surface area contributed by atoms with Crippen LogP contribution in [-0.2, 0) is 17.8 Å². The van der Waals surface area contributed by atoms with Gasteiger partial charge in [-0.25, -0.2) is 0 Å². The van der Waals surface area contributed by atoms with Crippen molar-refractivity contribution in [3.63, 3.8) is 0 Å². The first-order chi connectivity index (χ1) is 13.6. The Morgan fingerprint density at radius 2 is 1.89 bits per heavy atom. The first-order valence-corrected chi connectivity index (χ1v) is 10.6. The third-order valence-corrected chi connectivity index (χ3v) is 5.98. The SMILES string of the molecule is CN=C(NCc1ccccc1CN1CCOCC1)NC1CN(C(C)C)CC1C. The summed E-state index contributed by atoms with van der Waals surface area (Å²) in [5, 5.41) is 7.17. The van der Waals surface area contributed by atoms with E-state index in [1.54, 1.807) is 0 Å². The van der Waals surface area contributed by atoms with Crippen LogP contribution in [0.5, 0.6) is 0 Å². The molecule has 2 atom stereocenters. The summed E-state index contributed by atoms with van der Waals surface area (Å²) < 4.78 is 5.47. The molecular formula is C22H37N5O. The molecule has 2 aliphatic rings. The monoisotopic (exact) mass is 387 g/mol. The second-order valence-corrected chi connectivity index (χ2v) is 8.36. The van der Waals surface area contributed by atoms with E-state index in [9.17, 15) is 0 Å². The maximum absolute atomic E-state index is 5.47. The predicted molar refractivity (Wildman–Crippen MR) is 116 cm³/mol. The van der Waals surface area contributed by atoms with Crippen molar-refractivity contribution in [2.75, 3.05) is 46.4 Å². The summed E-state index contributed by atoms with van der Waals surface area (Å²) in [6.07, 6.45) is 0. The number of ether oxygens (including phenoxy) is 1. The molecule has 0 aliphatic carbocycles. The summed E-state index contributed by atoms with van der Waals surface area (Å²) in [4.78, 5) is 9.47. The van der Waals surface area contributed by atoms with Crippen LogP contribution in [0.15, 0.2) is 29.3 Å². The van der Waals surface area contributed by atoms with Crippen LogP contribution in [0.4, 0.5) is 0 Å². The van der Waals surface area contributed by atoms with Crippen molar-refractivity contribution < 1.29 is 4.74 Å². The van der Waals surface area contributed by atoms with Crippen molar-refractivity contribution in [1.82, 2.24) is 20.4 Å². The number of morpholine rings is 1. The van der Waals surface area contributed by atoms with Gasteiger partial charge >= 0.3 is 0 Å². The van der Waals surface area contributed by atoms with Gasteiger partial charge in [-0.3, -0.25) is 14.8 Å². The minimum absolute atomic E-state index is 0.442. The number of benzene rings is 1. The quantitative estimate of drug-likeness (QED) is 0.577. The lowest BCUT2D eigenvalue weighted by Gasteiger charge is -2.27. The first kappa shape index (κ1) is 21.1. The number of aliphatic imine (C=N–C) groups is 1. The molecule has 0 saturated carbocycles. The zero-order valence-electron chi connectivity index (χ0n) is 17.9. The Labute approximate surface area is 170 Å². The van der Waals surface area contributed by atoms with E-state index in [0.29, 0.717) is 18.0 Å². The average molecular weight is 388 g/mol. The van der Waals surface area contributed by atoms with Crippen LogP contribution in [0.3, 0.4) is 0 Å². The number of hydrogen-bond donors (Lipinski definition) is 2. The molecule has 2 heterocycles. The minimum atomic E-state index is 0.442. The smallest absolute Gasteiger partial charge is 0.191 e. The van der Waals surface area contributed by atoms with Gasteiger partial charge in [0.1, 0.15) is 0 Å². The molecule has 2 N–H and O–H groups in total. The number of hydrogen-bond acceptors (Lipinski definition) is 4. The molecule has 1 aromatic rings. The van der Waals surface area contributed by atoms with Gasteiger partial charge in [0.05, 0.1) is 13.2 Å². The maximum Gasteiger partial charge on any atom is 0.191 e. The summed E-state index contributed by atoms with van der Waals surface area (Å²) in [6, 6.07) is 9.74. The van der Waals surface area contributed by atoms with Crippen LogP contribution < -0.4 is 10.6 Å². The van der Waals surface area contributed by atoms with Gasteiger partial charge in [-0.2, -0.15) is 0 Å². The summed E-state index contributed by atoms with van der Waals surface area (Å²) in [5.41, 5.74) is 2.72. The van der Waals surface area contributed by atoms with Crippen molar-refractivity contribution in [1.29, 1.82) is 0 Å². The van der Waals surface area contributed by atoms with Gasteiger partial charge in [0.25, 0.3) is 0 Å². The Bertz CT molecular complexity index is 642. The number of likely N-dealkylation sites (tertiary alicyclic amines) is 1. The average Bonchev–Trinajstić information content (AvgIpc) is 3.07. The Hall–Kier alpha value is -1.63. The van der Waals surface area contributed by atoms with E-state index in [2.05, 4.69) is 70.5 Å². The Morgan fingerprint density at radius 3 is 2.54 bits per heavy atom. The number of nitrogens with one attached hydrogen (secondary N) is 2. The van der Waals surface area contributed by atoms with E-state index >= 15 is 0 Å². The van der Waals surface area contributed by atoms with Gasteiger partial charge in [0.15, 0.2) is 5.96 Å². The molecule has 0 amide bonds. The molecule has 0 radical (unpaired) electrons. The number of nitrogens with zero attached hydrogens (tertiary/aromatic N) is 3. The lowest BCUT2D eigenvalue weighted by atomic mass is 10.1.